The Morgan fingerprint density at radius 2 is 2.00 bits per heavy atom. The molecule has 110 valence electrons. The van der Waals surface area contributed by atoms with Crippen molar-refractivity contribution in [3.8, 4) is 11.5 Å². The third-order valence-electron chi connectivity index (χ3n) is 2.68. The third-order valence-corrected chi connectivity index (χ3v) is 2.98. The molecule has 0 saturated heterocycles. The van der Waals surface area contributed by atoms with Crippen LogP contribution in [0.2, 0.25) is 5.02 Å². The molecule has 1 unspecified atom stereocenters. The average molecular weight is 302 g/mol. The summed E-state index contributed by atoms with van der Waals surface area (Å²) in [6.45, 7) is 1.50. The van der Waals surface area contributed by atoms with Gasteiger partial charge < -0.3 is 25.7 Å². The van der Waals surface area contributed by atoms with Gasteiger partial charge >= 0.3 is 0 Å². The predicted molar refractivity (Wildman–Crippen MR) is 75.8 cm³/mol. The number of nitrogens with one attached hydrogen (secondary N) is 1. The normalized spacial score (nSPS) is 12.7. The molecule has 0 spiro atoms. The fraction of sp³-hybridized carbons (Fsp3) is 0.333. The lowest BCUT2D eigenvalue weighted by atomic mass is 10.1. The van der Waals surface area contributed by atoms with Gasteiger partial charge in [0.25, 0.3) is 0 Å². The highest BCUT2D eigenvalue weighted by Gasteiger charge is 2.20. The van der Waals surface area contributed by atoms with E-state index in [-0.39, 0.29) is 5.84 Å². The molecule has 0 saturated carbocycles. The van der Waals surface area contributed by atoms with E-state index < -0.39 is 11.8 Å². The van der Waals surface area contributed by atoms with Crippen LogP contribution >= 0.6 is 11.6 Å². The summed E-state index contributed by atoms with van der Waals surface area (Å²) >= 11 is 5.99. The fourth-order valence-corrected chi connectivity index (χ4v) is 1.66. The first-order valence-corrected chi connectivity index (χ1v) is 6.02. The van der Waals surface area contributed by atoms with Crippen molar-refractivity contribution < 1.29 is 19.5 Å². The van der Waals surface area contributed by atoms with Crippen LogP contribution in [0.25, 0.3) is 0 Å². The maximum Gasteiger partial charge on any atom is 0.235 e. The van der Waals surface area contributed by atoms with Crippen LogP contribution in [0.15, 0.2) is 17.3 Å². The minimum absolute atomic E-state index is 0.193. The first kappa shape index (κ1) is 15.9. The van der Waals surface area contributed by atoms with Crippen LogP contribution in [-0.4, -0.2) is 31.2 Å². The number of amides is 1. The molecule has 0 heterocycles. The minimum atomic E-state index is -0.800. The van der Waals surface area contributed by atoms with E-state index >= 15 is 0 Å². The molecule has 0 radical (unpaired) electrons. The standard InChI is InChI=1S/C12H16ClN3O4/c1-6(11(14)16-18)12(17)15-8-4-7(13)9(19-2)5-10(8)20-3/h4-6,18H,1-3H3,(H2,14,16)(H,15,17). The van der Waals surface area contributed by atoms with Crippen molar-refractivity contribution in [1.82, 2.24) is 0 Å². The van der Waals surface area contributed by atoms with E-state index in [2.05, 4.69) is 10.5 Å². The van der Waals surface area contributed by atoms with Crippen molar-refractivity contribution in [2.45, 2.75) is 6.92 Å². The van der Waals surface area contributed by atoms with Crippen LogP contribution in [0.3, 0.4) is 0 Å². The number of nitrogens with zero attached hydrogens (tertiary/aromatic N) is 1. The number of amidine groups is 1. The van der Waals surface area contributed by atoms with E-state index in [1.165, 1.54) is 27.2 Å². The number of ether oxygens (including phenoxy) is 2. The van der Waals surface area contributed by atoms with Gasteiger partial charge in [-0.15, -0.1) is 0 Å². The Kier molecular flexibility index (Phi) is 5.45. The summed E-state index contributed by atoms with van der Waals surface area (Å²) in [6, 6.07) is 3.04. The fourth-order valence-electron chi connectivity index (χ4n) is 1.42. The molecule has 0 aromatic heterocycles. The van der Waals surface area contributed by atoms with Gasteiger partial charge in [0, 0.05) is 6.07 Å². The molecule has 1 rings (SSSR count). The summed E-state index contributed by atoms with van der Waals surface area (Å²) in [5, 5.41) is 14.3. The van der Waals surface area contributed by atoms with E-state index in [1.54, 1.807) is 6.07 Å². The van der Waals surface area contributed by atoms with Gasteiger partial charge in [0.15, 0.2) is 5.84 Å². The molecule has 1 atom stereocenters. The molecule has 0 bridgehead atoms. The van der Waals surface area contributed by atoms with E-state index in [1.807, 2.05) is 0 Å². The SMILES string of the molecule is COc1cc(OC)c(NC(=O)C(C)C(N)=NO)cc1Cl. The Morgan fingerprint density at radius 3 is 2.50 bits per heavy atom. The van der Waals surface area contributed by atoms with Gasteiger partial charge in [-0.25, -0.2) is 0 Å². The first-order chi connectivity index (χ1) is 9.44. The molecule has 20 heavy (non-hydrogen) atoms. The zero-order chi connectivity index (χ0) is 15.3. The molecule has 0 aliphatic heterocycles. The van der Waals surface area contributed by atoms with Crippen molar-refractivity contribution in [3.63, 3.8) is 0 Å². The van der Waals surface area contributed by atoms with Gasteiger partial charge in [0.05, 0.1) is 30.8 Å². The predicted octanol–water partition coefficient (Wildman–Crippen LogP) is 1.68. The smallest absolute Gasteiger partial charge is 0.235 e. The lowest BCUT2D eigenvalue weighted by Gasteiger charge is -2.15. The molecule has 0 fully saturated rings. The molecular weight excluding hydrogens is 286 g/mol. The Balaban J connectivity index is 3.03. The zero-order valence-electron chi connectivity index (χ0n) is 11.3. The Morgan fingerprint density at radius 1 is 1.40 bits per heavy atom. The van der Waals surface area contributed by atoms with Crippen LogP contribution < -0.4 is 20.5 Å². The number of carbonyl (C=O) groups is 1. The minimum Gasteiger partial charge on any atom is -0.495 e. The van der Waals surface area contributed by atoms with Crippen molar-refractivity contribution in [2.75, 3.05) is 19.5 Å². The molecule has 7 nitrogen and oxygen atoms in total. The van der Waals surface area contributed by atoms with Crippen LogP contribution in [0.1, 0.15) is 6.92 Å². The third kappa shape index (κ3) is 3.45. The average Bonchev–Trinajstić information content (AvgIpc) is 2.45. The quantitative estimate of drug-likeness (QED) is 0.332. The monoisotopic (exact) mass is 301 g/mol. The topological polar surface area (TPSA) is 106 Å². The molecule has 0 aliphatic rings. The second kappa shape index (κ2) is 6.85. The maximum absolute atomic E-state index is 11.9. The largest absolute Gasteiger partial charge is 0.495 e. The number of anilines is 1. The van der Waals surface area contributed by atoms with Gasteiger partial charge in [-0.05, 0) is 13.0 Å². The first-order valence-electron chi connectivity index (χ1n) is 5.64. The van der Waals surface area contributed by atoms with Gasteiger partial charge in [-0.3, -0.25) is 4.79 Å². The molecular formula is C12H16ClN3O4. The number of rotatable bonds is 5. The number of hydrogen-bond acceptors (Lipinski definition) is 5. The van der Waals surface area contributed by atoms with Crippen LogP contribution in [-0.2, 0) is 4.79 Å². The van der Waals surface area contributed by atoms with Crippen LogP contribution in [0, 0.1) is 5.92 Å². The van der Waals surface area contributed by atoms with Gasteiger partial charge in [-0.2, -0.15) is 0 Å². The summed E-state index contributed by atoms with van der Waals surface area (Å²) in [5.41, 5.74) is 5.74. The van der Waals surface area contributed by atoms with E-state index in [0.717, 1.165) is 0 Å². The Bertz CT molecular complexity index is 534. The van der Waals surface area contributed by atoms with Crippen molar-refractivity contribution in [3.05, 3.63) is 17.2 Å². The number of hydrogen-bond donors (Lipinski definition) is 3. The summed E-state index contributed by atoms with van der Waals surface area (Å²) < 4.78 is 10.2. The number of halogens is 1. The lowest BCUT2D eigenvalue weighted by molar-refractivity contribution is -0.117. The summed E-state index contributed by atoms with van der Waals surface area (Å²) in [6.07, 6.45) is 0. The van der Waals surface area contributed by atoms with Crippen molar-refractivity contribution in [2.24, 2.45) is 16.8 Å². The summed E-state index contributed by atoms with van der Waals surface area (Å²) in [5.74, 6) is -0.649. The van der Waals surface area contributed by atoms with Crippen molar-refractivity contribution in [1.29, 1.82) is 0 Å². The highest BCUT2D eigenvalue weighted by molar-refractivity contribution is 6.32. The second-order valence-corrected chi connectivity index (χ2v) is 4.33. The van der Waals surface area contributed by atoms with Crippen LogP contribution in [0.5, 0.6) is 11.5 Å². The highest BCUT2D eigenvalue weighted by Crippen LogP contribution is 2.36. The number of oxime groups is 1. The number of methoxy groups -OCH3 is 2. The van der Waals surface area contributed by atoms with E-state index in [0.29, 0.717) is 22.2 Å². The molecule has 1 amide bonds. The second-order valence-electron chi connectivity index (χ2n) is 3.92. The molecule has 8 heteroatoms. The molecule has 1 aromatic carbocycles. The number of nitrogens with two attached hydrogens (primary N) is 1. The summed E-state index contributed by atoms with van der Waals surface area (Å²) in [7, 11) is 2.92. The maximum atomic E-state index is 11.9. The Labute approximate surface area is 121 Å². The Hall–Kier alpha value is -2.15. The van der Waals surface area contributed by atoms with Gasteiger partial charge in [0.2, 0.25) is 5.91 Å². The molecule has 1 aromatic rings. The molecule has 0 aliphatic carbocycles. The molecule has 4 N–H and O–H groups in total. The highest BCUT2D eigenvalue weighted by atomic mass is 35.5. The van der Waals surface area contributed by atoms with Gasteiger partial charge in [0.1, 0.15) is 11.5 Å². The van der Waals surface area contributed by atoms with E-state index in [9.17, 15) is 4.79 Å². The van der Waals surface area contributed by atoms with Crippen LogP contribution in [0.4, 0.5) is 5.69 Å². The van der Waals surface area contributed by atoms with Gasteiger partial charge in [-0.1, -0.05) is 16.8 Å². The number of benzene rings is 1. The van der Waals surface area contributed by atoms with E-state index in [4.69, 9.17) is 32.0 Å². The van der Waals surface area contributed by atoms with Crippen molar-refractivity contribution >= 4 is 29.0 Å². The summed E-state index contributed by atoms with van der Waals surface area (Å²) in [4.78, 5) is 11.9. The number of carbonyl (C=O) groups excluding carboxylic acids is 1. The lowest BCUT2D eigenvalue weighted by Crippen LogP contribution is -2.32. The zero-order valence-corrected chi connectivity index (χ0v) is 12.1.